The number of nitrogens with one attached hydrogen (secondary N) is 1. The van der Waals surface area contributed by atoms with Gasteiger partial charge >= 0.3 is 0 Å². The van der Waals surface area contributed by atoms with Gasteiger partial charge in [-0.25, -0.2) is 10.4 Å². The molecule has 3 nitrogen and oxygen atoms in total. The third-order valence-electron chi connectivity index (χ3n) is 3.03. The van der Waals surface area contributed by atoms with Gasteiger partial charge in [0, 0.05) is 19.8 Å². The van der Waals surface area contributed by atoms with Crippen molar-refractivity contribution in [1.29, 1.82) is 5.41 Å². The maximum absolute atomic E-state index is 6.63. The number of ether oxygens (including phenoxy) is 1. The molecule has 0 rings (SSSR count). The second-order valence-electron chi connectivity index (χ2n) is 4.79. The summed E-state index contributed by atoms with van der Waals surface area (Å²) in [6, 6.07) is 2.07. The first-order valence-corrected chi connectivity index (χ1v) is 7.57. The summed E-state index contributed by atoms with van der Waals surface area (Å²) in [5.74, 6) is 0. The van der Waals surface area contributed by atoms with Crippen LogP contribution in [0.5, 0.6) is 0 Å². The van der Waals surface area contributed by atoms with Gasteiger partial charge in [-0.05, 0) is 19.3 Å². The highest BCUT2D eigenvalue weighted by molar-refractivity contribution is 5.35. The summed E-state index contributed by atoms with van der Waals surface area (Å²) in [6.07, 6.45) is 12.6. The van der Waals surface area contributed by atoms with Crippen molar-refractivity contribution in [3.05, 3.63) is 0 Å². The van der Waals surface area contributed by atoms with Gasteiger partial charge in [-0.15, -0.1) is 0 Å². The average Bonchev–Trinajstić information content (AvgIpc) is 2.39. The lowest BCUT2D eigenvalue weighted by Gasteiger charge is -2.04. The van der Waals surface area contributed by atoms with E-state index in [2.05, 4.69) is 17.9 Å². The fourth-order valence-corrected chi connectivity index (χ4v) is 1.89. The third kappa shape index (κ3) is 15.3. The average molecular weight is 254 g/mol. The molecule has 0 heterocycles. The summed E-state index contributed by atoms with van der Waals surface area (Å²) in [6.45, 7) is 4.87. The summed E-state index contributed by atoms with van der Waals surface area (Å²) >= 11 is 0. The Balaban J connectivity index is 2.92. The Labute approximate surface area is 113 Å². The molecule has 0 aromatic heterocycles. The molecule has 0 aromatic carbocycles. The minimum absolute atomic E-state index is 0.762. The van der Waals surface area contributed by atoms with Crippen molar-refractivity contribution in [3.63, 3.8) is 0 Å². The molecule has 3 heteroatoms. The maximum atomic E-state index is 6.63. The number of hydrogen-bond acceptors (Lipinski definition) is 3. The summed E-state index contributed by atoms with van der Waals surface area (Å²) in [4.78, 5) is 3.75. The quantitative estimate of drug-likeness (QED) is 0.355. The van der Waals surface area contributed by atoms with Gasteiger partial charge in [0.2, 0.25) is 0 Å². The van der Waals surface area contributed by atoms with Gasteiger partial charge < -0.3 is 4.74 Å². The van der Waals surface area contributed by atoms with Gasteiger partial charge in [0.25, 0.3) is 0 Å². The molecule has 0 bridgehead atoms. The fourth-order valence-electron chi connectivity index (χ4n) is 1.89. The van der Waals surface area contributed by atoms with Crippen LogP contribution < -0.4 is 0 Å². The number of unbranched alkanes of at least 4 members (excludes halogenated alkanes) is 8. The summed E-state index contributed by atoms with van der Waals surface area (Å²) in [5, 5.41) is 6.63. The molecule has 0 aliphatic carbocycles. The summed E-state index contributed by atoms with van der Waals surface area (Å²) in [7, 11) is 0. The second kappa shape index (κ2) is 16.3. The van der Waals surface area contributed by atoms with Crippen LogP contribution in [0.25, 0.3) is 0 Å². The highest BCUT2D eigenvalue weighted by atomic mass is 16.5. The predicted octanol–water partition coefficient (Wildman–Crippen LogP) is 4.68. The number of rotatable bonds is 14. The molecule has 0 radical (unpaired) electrons. The highest BCUT2D eigenvalue weighted by Crippen LogP contribution is 2.05. The van der Waals surface area contributed by atoms with Crippen LogP contribution in [0.1, 0.15) is 71.1 Å². The van der Waals surface area contributed by atoms with Crippen LogP contribution >= 0.6 is 0 Å². The summed E-state index contributed by atoms with van der Waals surface area (Å²) in [5.41, 5.74) is 0. The van der Waals surface area contributed by atoms with E-state index in [0.29, 0.717) is 0 Å². The van der Waals surface area contributed by atoms with E-state index >= 15 is 0 Å². The van der Waals surface area contributed by atoms with Crippen LogP contribution in [0.2, 0.25) is 0 Å². The second-order valence-corrected chi connectivity index (χ2v) is 4.79. The summed E-state index contributed by atoms with van der Waals surface area (Å²) < 4.78 is 5.61. The minimum Gasteiger partial charge on any atom is -0.381 e. The van der Waals surface area contributed by atoms with Gasteiger partial charge in [-0.3, -0.25) is 0 Å². The lowest BCUT2D eigenvalue weighted by molar-refractivity contribution is 0.125. The number of hydrogen-bond donors (Lipinski definition) is 1. The minimum atomic E-state index is 0.762. The van der Waals surface area contributed by atoms with Crippen molar-refractivity contribution in [2.75, 3.05) is 19.8 Å². The van der Waals surface area contributed by atoms with Gasteiger partial charge in [0.15, 0.2) is 0 Å². The van der Waals surface area contributed by atoms with E-state index in [0.717, 1.165) is 26.2 Å². The van der Waals surface area contributed by atoms with Crippen LogP contribution in [0.15, 0.2) is 4.99 Å². The first kappa shape index (κ1) is 17.3. The molecule has 0 unspecified atom stereocenters. The van der Waals surface area contributed by atoms with Crippen LogP contribution in [-0.2, 0) is 4.74 Å². The Bertz CT molecular complexity index is 201. The third-order valence-corrected chi connectivity index (χ3v) is 3.03. The predicted molar refractivity (Wildman–Crippen MR) is 77.7 cm³/mol. The van der Waals surface area contributed by atoms with Gasteiger partial charge in [0.05, 0.1) is 6.01 Å². The van der Waals surface area contributed by atoms with E-state index in [-0.39, 0.29) is 0 Å². The molecule has 106 valence electrons. The first-order chi connectivity index (χ1) is 8.91. The molecule has 0 aromatic rings. The molecule has 0 atom stereocenters. The highest BCUT2D eigenvalue weighted by Gasteiger charge is 1.92. The molecule has 18 heavy (non-hydrogen) atoms. The molecule has 0 fully saturated rings. The van der Waals surface area contributed by atoms with Crippen molar-refractivity contribution in [2.45, 2.75) is 71.1 Å². The zero-order chi connectivity index (χ0) is 13.3. The van der Waals surface area contributed by atoms with Crippen LogP contribution in [0.4, 0.5) is 0 Å². The van der Waals surface area contributed by atoms with Crippen LogP contribution in [0, 0.1) is 5.41 Å². The van der Waals surface area contributed by atoms with E-state index in [9.17, 15) is 0 Å². The van der Waals surface area contributed by atoms with Crippen LogP contribution in [-0.4, -0.2) is 25.8 Å². The van der Waals surface area contributed by atoms with Gasteiger partial charge in [-0.1, -0.05) is 51.9 Å². The first-order valence-electron chi connectivity index (χ1n) is 7.57. The van der Waals surface area contributed by atoms with Crippen molar-refractivity contribution < 1.29 is 4.74 Å². The standard InChI is InChI=1S/C15H30N2O/c1-2-3-4-7-10-13-18-14-11-8-5-6-9-12-17-15-16/h16H,2-14H2,1H3. The van der Waals surface area contributed by atoms with E-state index < -0.39 is 0 Å². The zero-order valence-electron chi connectivity index (χ0n) is 12.0. The van der Waals surface area contributed by atoms with Crippen LogP contribution in [0.3, 0.4) is 0 Å². The molecular formula is C15H30N2O. The smallest absolute Gasteiger partial charge is 0.0861 e. The zero-order valence-corrected chi connectivity index (χ0v) is 12.0. The van der Waals surface area contributed by atoms with Crippen molar-refractivity contribution >= 4 is 6.01 Å². The molecule has 0 saturated carbocycles. The normalized spacial score (nSPS) is 10.3. The van der Waals surface area contributed by atoms with E-state index in [1.807, 2.05) is 0 Å². The monoisotopic (exact) mass is 254 g/mol. The lowest BCUT2D eigenvalue weighted by Crippen LogP contribution is -1.97. The van der Waals surface area contributed by atoms with Crippen molar-refractivity contribution in [1.82, 2.24) is 0 Å². The lowest BCUT2D eigenvalue weighted by atomic mass is 10.1. The fraction of sp³-hybridized carbons (Fsp3) is 0.933. The Kier molecular flexibility index (Phi) is 15.7. The Morgan fingerprint density at radius 3 is 2.00 bits per heavy atom. The van der Waals surface area contributed by atoms with E-state index in [4.69, 9.17) is 10.1 Å². The van der Waals surface area contributed by atoms with Gasteiger partial charge in [0.1, 0.15) is 0 Å². The topological polar surface area (TPSA) is 45.4 Å². The number of aliphatic imine (C=N–C) groups is 1. The van der Waals surface area contributed by atoms with Gasteiger partial charge in [-0.2, -0.15) is 0 Å². The molecular weight excluding hydrogens is 224 g/mol. The van der Waals surface area contributed by atoms with Crippen molar-refractivity contribution in [3.8, 4) is 0 Å². The maximum Gasteiger partial charge on any atom is 0.0861 e. The molecule has 0 amide bonds. The molecule has 0 spiro atoms. The molecule has 0 aliphatic rings. The Hall–Kier alpha value is -0.660. The molecule has 0 saturated heterocycles. The Morgan fingerprint density at radius 1 is 0.833 bits per heavy atom. The SMILES string of the molecule is CCCCCCCOCCCCCCCN=C=N. The van der Waals surface area contributed by atoms with E-state index in [1.54, 1.807) is 0 Å². The van der Waals surface area contributed by atoms with Crippen molar-refractivity contribution in [2.24, 2.45) is 4.99 Å². The molecule has 0 aliphatic heterocycles. The van der Waals surface area contributed by atoms with E-state index in [1.165, 1.54) is 57.8 Å². The largest absolute Gasteiger partial charge is 0.381 e. The Morgan fingerprint density at radius 2 is 1.39 bits per heavy atom. The number of nitrogens with zero attached hydrogens (tertiary/aromatic N) is 1. The molecule has 1 N–H and O–H groups in total.